The van der Waals surface area contributed by atoms with Gasteiger partial charge in [-0.25, -0.2) is 0 Å². The smallest absolute Gasteiger partial charge is 0.226 e. The van der Waals surface area contributed by atoms with Gasteiger partial charge in [0, 0.05) is 6.04 Å². The predicted molar refractivity (Wildman–Crippen MR) is 69.7 cm³/mol. The number of nitrogens with one attached hydrogen (secondary N) is 2. The van der Waals surface area contributed by atoms with Gasteiger partial charge in [-0.1, -0.05) is 25.5 Å². The molecule has 0 atom stereocenters. The Morgan fingerprint density at radius 2 is 2.00 bits per heavy atom. The number of hydrogen-bond acceptors (Lipinski definition) is 2. The van der Waals surface area contributed by atoms with Gasteiger partial charge in [-0.2, -0.15) is 0 Å². The van der Waals surface area contributed by atoms with E-state index in [4.69, 9.17) is 0 Å². The molecule has 1 aliphatic heterocycles. The van der Waals surface area contributed by atoms with E-state index in [0.717, 1.165) is 51.6 Å². The largest absolute Gasteiger partial charge is 0.352 e. The van der Waals surface area contributed by atoms with Gasteiger partial charge in [0.1, 0.15) is 0 Å². The molecular formula is C14H24N2O. The van der Waals surface area contributed by atoms with Crippen LogP contribution in [0.5, 0.6) is 0 Å². The average Bonchev–Trinajstić information content (AvgIpc) is 2.83. The first-order chi connectivity index (χ1) is 8.27. The van der Waals surface area contributed by atoms with Crippen LogP contribution in [0.1, 0.15) is 45.4 Å². The maximum absolute atomic E-state index is 12.5. The lowest BCUT2D eigenvalue weighted by molar-refractivity contribution is -0.133. The van der Waals surface area contributed by atoms with Crippen LogP contribution in [0.15, 0.2) is 12.2 Å². The standard InChI is InChI=1S/C14H24N2O/c1-2-7-14(8-10-15-11-9-14)13(17)16-12-5-3-4-6-12/h3-4,12,15H,2,5-11H2,1H3,(H,16,17). The molecule has 0 aromatic carbocycles. The Balaban J connectivity index is 1.96. The Morgan fingerprint density at radius 1 is 1.35 bits per heavy atom. The van der Waals surface area contributed by atoms with Crippen molar-refractivity contribution >= 4 is 5.91 Å². The summed E-state index contributed by atoms with van der Waals surface area (Å²) in [5.41, 5.74) is -0.0947. The molecule has 1 heterocycles. The second kappa shape index (κ2) is 5.67. The first-order valence-electron chi connectivity index (χ1n) is 6.93. The second-order valence-electron chi connectivity index (χ2n) is 5.39. The van der Waals surface area contributed by atoms with E-state index in [1.807, 2.05) is 0 Å². The minimum absolute atomic E-state index is 0.0947. The monoisotopic (exact) mass is 236 g/mol. The van der Waals surface area contributed by atoms with E-state index < -0.39 is 0 Å². The molecule has 0 saturated carbocycles. The lowest BCUT2D eigenvalue weighted by atomic mass is 9.74. The van der Waals surface area contributed by atoms with Crippen molar-refractivity contribution in [2.45, 2.75) is 51.5 Å². The third-order valence-electron chi connectivity index (χ3n) is 4.11. The quantitative estimate of drug-likeness (QED) is 0.733. The van der Waals surface area contributed by atoms with Crippen LogP contribution in [0, 0.1) is 5.41 Å². The SMILES string of the molecule is CCCC1(C(=O)NC2CC=CC2)CCNCC1. The number of carbonyl (C=O) groups excluding carboxylic acids is 1. The van der Waals surface area contributed by atoms with E-state index in [9.17, 15) is 4.79 Å². The second-order valence-corrected chi connectivity index (χ2v) is 5.39. The van der Waals surface area contributed by atoms with Gasteiger partial charge in [0.25, 0.3) is 0 Å². The van der Waals surface area contributed by atoms with Gasteiger partial charge in [-0.15, -0.1) is 0 Å². The maximum atomic E-state index is 12.5. The van der Waals surface area contributed by atoms with Gasteiger partial charge >= 0.3 is 0 Å². The minimum atomic E-state index is -0.0947. The van der Waals surface area contributed by atoms with Gasteiger partial charge in [-0.05, 0) is 45.2 Å². The van der Waals surface area contributed by atoms with E-state index in [1.165, 1.54) is 0 Å². The summed E-state index contributed by atoms with van der Waals surface area (Å²) in [5.74, 6) is 0.301. The van der Waals surface area contributed by atoms with E-state index >= 15 is 0 Å². The molecule has 17 heavy (non-hydrogen) atoms. The highest BCUT2D eigenvalue weighted by molar-refractivity contribution is 5.83. The molecule has 0 spiro atoms. The van der Waals surface area contributed by atoms with Gasteiger partial charge < -0.3 is 10.6 Å². The zero-order valence-corrected chi connectivity index (χ0v) is 10.8. The number of rotatable bonds is 4. The van der Waals surface area contributed by atoms with Gasteiger partial charge in [-0.3, -0.25) is 4.79 Å². The van der Waals surface area contributed by atoms with Crippen molar-refractivity contribution in [3.05, 3.63) is 12.2 Å². The van der Waals surface area contributed by atoms with E-state index in [2.05, 4.69) is 29.7 Å². The summed E-state index contributed by atoms with van der Waals surface area (Å²) in [5, 5.41) is 6.60. The van der Waals surface area contributed by atoms with E-state index in [-0.39, 0.29) is 5.41 Å². The molecule has 96 valence electrons. The Kier molecular flexibility index (Phi) is 4.21. The highest BCUT2D eigenvalue weighted by atomic mass is 16.2. The molecule has 2 rings (SSSR count). The van der Waals surface area contributed by atoms with Crippen molar-refractivity contribution in [1.29, 1.82) is 0 Å². The fraction of sp³-hybridized carbons (Fsp3) is 0.786. The summed E-state index contributed by atoms with van der Waals surface area (Å²) < 4.78 is 0. The lowest BCUT2D eigenvalue weighted by Gasteiger charge is -2.37. The van der Waals surface area contributed by atoms with Gasteiger partial charge in [0.15, 0.2) is 0 Å². The summed E-state index contributed by atoms with van der Waals surface area (Å²) in [4.78, 5) is 12.5. The van der Waals surface area contributed by atoms with Crippen molar-refractivity contribution in [2.24, 2.45) is 5.41 Å². The molecule has 2 N–H and O–H groups in total. The summed E-state index contributed by atoms with van der Waals surface area (Å²) >= 11 is 0. The van der Waals surface area contributed by atoms with Crippen LogP contribution in [0.3, 0.4) is 0 Å². The molecule has 2 aliphatic rings. The highest BCUT2D eigenvalue weighted by Crippen LogP contribution is 2.34. The molecule has 0 aromatic rings. The topological polar surface area (TPSA) is 41.1 Å². The molecule has 1 fully saturated rings. The zero-order chi connectivity index (χ0) is 12.1. The molecule has 3 nitrogen and oxygen atoms in total. The maximum Gasteiger partial charge on any atom is 0.226 e. The fourth-order valence-corrected chi connectivity index (χ4v) is 3.05. The molecular weight excluding hydrogens is 212 g/mol. The lowest BCUT2D eigenvalue weighted by Crippen LogP contribution is -2.49. The third-order valence-corrected chi connectivity index (χ3v) is 4.11. The first-order valence-corrected chi connectivity index (χ1v) is 6.93. The number of amides is 1. The number of hydrogen-bond donors (Lipinski definition) is 2. The molecule has 0 aromatic heterocycles. The molecule has 0 radical (unpaired) electrons. The zero-order valence-electron chi connectivity index (χ0n) is 10.8. The Bertz CT molecular complexity index is 279. The van der Waals surface area contributed by atoms with Crippen molar-refractivity contribution < 1.29 is 4.79 Å². The van der Waals surface area contributed by atoms with Gasteiger partial charge in [0.05, 0.1) is 5.41 Å². The summed E-state index contributed by atoms with van der Waals surface area (Å²) in [7, 11) is 0. The van der Waals surface area contributed by atoms with E-state index in [1.54, 1.807) is 0 Å². The van der Waals surface area contributed by atoms with Crippen LogP contribution in [0.4, 0.5) is 0 Å². The fourth-order valence-electron chi connectivity index (χ4n) is 3.05. The summed E-state index contributed by atoms with van der Waals surface area (Å²) in [6.45, 7) is 4.14. The van der Waals surface area contributed by atoms with Gasteiger partial charge in [0.2, 0.25) is 5.91 Å². The van der Waals surface area contributed by atoms with Crippen molar-refractivity contribution in [2.75, 3.05) is 13.1 Å². The molecule has 1 aliphatic carbocycles. The third kappa shape index (κ3) is 2.89. The molecule has 0 unspecified atom stereocenters. The Hall–Kier alpha value is -0.830. The van der Waals surface area contributed by atoms with Crippen LogP contribution in [0.25, 0.3) is 0 Å². The molecule has 3 heteroatoms. The molecule has 1 saturated heterocycles. The van der Waals surface area contributed by atoms with E-state index in [0.29, 0.717) is 11.9 Å². The Morgan fingerprint density at radius 3 is 2.59 bits per heavy atom. The van der Waals surface area contributed by atoms with Crippen LogP contribution >= 0.6 is 0 Å². The van der Waals surface area contributed by atoms with Crippen LogP contribution < -0.4 is 10.6 Å². The predicted octanol–water partition coefficient (Wildman–Crippen LogP) is 1.99. The molecule has 1 amide bonds. The Labute approximate surface area is 104 Å². The highest BCUT2D eigenvalue weighted by Gasteiger charge is 2.39. The summed E-state index contributed by atoms with van der Waals surface area (Å²) in [6.07, 6.45) is 10.5. The first kappa shape index (κ1) is 12.6. The van der Waals surface area contributed by atoms with Crippen LogP contribution in [-0.4, -0.2) is 25.0 Å². The number of piperidine rings is 1. The minimum Gasteiger partial charge on any atom is -0.352 e. The van der Waals surface area contributed by atoms with Crippen molar-refractivity contribution in [3.8, 4) is 0 Å². The van der Waals surface area contributed by atoms with Crippen LogP contribution in [-0.2, 0) is 4.79 Å². The summed E-state index contributed by atoms with van der Waals surface area (Å²) in [6, 6.07) is 0.353. The normalized spacial score (nSPS) is 23.8. The van der Waals surface area contributed by atoms with Crippen molar-refractivity contribution in [3.63, 3.8) is 0 Å². The van der Waals surface area contributed by atoms with Crippen LogP contribution in [0.2, 0.25) is 0 Å². The molecule has 0 bridgehead atoms. The van der Waals surface area contributed by atoms with Crippen molar-refractivity contribution in [1.82, 2.24) is 10.6 Å². The average molecular weight is 236 g/mol. The number of carbonyl (C=O) groups is 1.